The van der Waals surface area contributed by atoms with E-state index in [2.05, 4.69) is 20.8 Å². The molecule has 2 heterocycles. The van der Waals surface area contributed by atoms with Gasteiger partial charge in [-0.3, -0.25) is 14.9 Å². The smallest absolute Gasteiger partial charge is 0.237 e. The minimum atomic E-state index is -0.467. The summed E-state index contributed by atoms with van der Waals surface area (Å²) in [6.07, 6.45) is 3.80. The minimum absolute atomic E-state index is 0.0161. The first kappa shape index (κ1) is 22.3. The second-order valence-electron chi connectivity index (χ2n) is 7.25. The number of benzene rings is 1. The number of halogens is 1. The molecule has 6 nitrogen and oxygen atoms in total. The quantitative estimate of drug-likeness (QED) is 0.337. The van der Waals surface area contributed by atoms with Crippen molar-refractivity contribution < 1.29 is 9.59 Å². The van der Waals surface area contributed by atoms with Gasteiger partial charge in [-0.1, -0.05) is 71.8 Å². The van der Waals surface area contributed by atoms with Gasteiger partial charge in [0.25, 0.3) is 0 Å². The van der Waals surface area contributed by atoms with Crippen molar-refractivity contribution in [1.82, 2.24) is 15.5 Å². The van der Waals surface area contributed by atoms with Crippen LogP contribution in [0.3, 0.4) is 0 Å². The van der Waals surface area contributed by atoms with Crippen molar-refractivity contribution in [2.75, 3.05) is 11.1 Å². The minimum Gasteiger partial charge on any atom is -0.351 e. The number of thiophene rings is 1. The Hall–Kier alpha value is -1.94. The molecule has 4 rings (SSSR count). The molecule has 2 N–H and O–H groups in total. The summed E-state index contributed by atoms with van der Waals surface area (Å²) >= 11 is 10.3. The molecule has 0 unspecified atom stereocenters. The van der Waals surface area contributed by atoms with Crippen LogP contribution in [-0.4, -0.2) is 27.8 Å². The van der Waals surface area contributed by atoms with Crippen LogP contribution in [-0.2, 0) is 21.5 Å². The molecule has 1 fully saturated rings. The summed E-state index contributed by atoms with van der Waals surface area (Å²) in [6, 6.07) is 11.4. The maximum Gasteiger partial charge on any atom is 0.237 e. The Balaban J connectivity index is 1.30. The van der Waals surface area contributed by atoms with Gasteiger partial charge in [-0.25, -0.2) is 0 Å². The molecule has 1 aliphatic carbocycles. The summed E-state index contributed by atoms with van der Waals surface area (Å²) in [6.45, 7) is 0.376. The normalized spacial score (nSPS) is 15.0. The standard InChI is InChI=1S/C21H21ClN4O2S3/c22-15-7-2-1-6-14(15)12-23-17(27)13-30-20-26-25-19(31-20)24-18(28)21(9-3-4-10-21)16-8-5-11-29-16/h1-2,5-8,11H,3-4,9-10,12-13H2,(H,23,27)(H,24,25,28). The fourth-order valence-corrected chi connectivity index (χ4v) is 6.43. The number of thioether (sulfide) groups is 1. The van der Waals surface area contributed by atoms with Crippen molar-refractivity contribution >= 4 is 63.0 Å². The molecule has 1 saturated carbocycles. The Morgan fingerprint density at radius 2 is 1.94 bits per heavy atom. The van der Waals surface area contributed by atoms with E-state index < -0.39 is 5.41 Å². The molecule has 162 valence electrons. The molecule has 1 aliphatic rings. The number of hydrogen-bond donors (Lipinski definition) is 2. The number of nitrogens with one attached hydrogen (secondary N) is 2. The fraction of sp³-hybridized carbons (Fsp3) is 0.333. The number of nitrogens with zero attached hydrogens (tertiary/aromatic N) is 2. The van der Waals surface area contributed by atoms with E-state index in [0.29, 0.717) is 21.0 Å². The van der Waals surface area contributed by atoms with Crippen molar-refractivity contribution in [3.63, 3.8) is 0 Å². The third-order valence-electron chi connectivity index (χ3n) is 5.27. The lowest BCUT2D eigenvalue weighted by atomic mass is 9.83. The zero-order valence-corrected chi connectivity index (χ0v) is 19.8. The molecule has 3 aromatic rings. The highest BCUT2D eigenvalue weighted by atomic mass is 35.5. The van der Waals surface area contributed by atoms with E-state index in [1.54, 1.807) is 17.4 Å². The third-order valence-corrected chi connectivity index (χ3v) is 8.69. The molecular formula is C21H21ClN4O2S3. The SMILES string of the molecule is O=C(CSc1nnc(NC(=O)C2(c3cccs3)CCCC2)s1)NCc1ccccc1Cl. The van der Waals surface area contributed by atoms with Crippen LogP contribution in [0.15, 0.2) is 46.1 Å². The number of anilines is 1. The highest BCUT2D eigenvalue weighted by Gasteiger charge is 2.43. The second-order valence-corrected chi connectivity index (χ2v) is 10.8. The molecule has 0 bridgehead atoms. The number of carbonyl (C=O) groups excluding carboxylic acids is 2. The van der Waals surface area contributed by atoms with Gasteiger partial charge >= 0.3 is 0 Å². The number of aromatic nitrogens is 2. The van der Waals surface area contributed by atoms with Gasteiger partial charge in [0, 0.05) is 16.4 Å². The number of hydrogen-bond acceptors (Lipinski definition) is 7. The van der Waals surface area contributed by atoms with Crippen LogP contribution in [0.5, 0.6) is 0 Å². The van der Waals surface area contributed by atoms with Crippen molar-refractivity contribution in [2.24, 2.45) is 0 Å². The van der Waals surface area contributed by atoms with E-state index in [1.165, 1.54) is 23.1 Å². The lowest BCUT2D eigenvalue weighted by Gasteiger charge is -2.25. The molecule has 2 amide bonds. The summed E-state index contributed by atoms with van der Waals surface area (Å²) in [7, 11) is 0. The van der Waals surface area contributed by atoms with Gasteiger partial charge in [0.1, 0.15) is 0 Å². The molecule has 2 aromatic heterocycles. The van der Waals surface area contributed by atoms with Gasteiger partial charge in [0.2, 0.25) is 16.9 Å². The summed E-state index contributed by atoms with van der Waals surface area (Å²) in [5.74, 6) is 0.0811. The molecule has 31 heavy (non-hydrogen) atoms. The zero-order chi connectivity index (χ0) is 21.7. The predicted octanol–water partition coefficient (Wildman–Crippen LogP) is 5.11. The molecule has 0 aliphatic heterocycles. The second kappa shape index (κ2) is 10.1. The van der Waals surface area contributed by atoms with E-state index >= 15 is 0 Å². The summed E-state index contributed by atoms with van der Waals surface area (Å²) in [4.78, 5) is 26.4. The monoisotopic (exact) mass is 492 g/mol. The zero-order valence-electron chi connectivity index (χ0n) is 16.6. The molecule has 0 saturated heterocycles. The van der Waals surface area contributed by atoms with Crippen LogP contribution in [0.25, 0.3) is 0 Å². The molecule has 0 atom stereocenters. The topological polar surface area (TPSA) is 84.0 Å². The van der Waals surface area contributed by atoms with Crippen LogP contribution >= 0.6 is 46.0 Å². The van der Waals surface area contributed by atoms with Crippen molar-refractivity contribution in [1.29, 1.82) is 0 Å². The van der Waals surface area contributed by atoms with Gasteiger partial charge in [-0.2, -0.15) is 0 Å². The first-order valence-corrected chi connectivity index (χ1v) is 12.9. The van der Waals surface area contributed by atoms with Crippen molar-refractivity contribution in [2.45, 2.75) is 42.0 Å². The van der Waals surface area contributed by atoms with E-state index in [4.69, 9.17) is 11.6 Å². The van der Waals surface area contributed by atoms with Crippen LogP contribution in [0.2, 0.25) is 5.02 Å². The van der Waals surface area contributed by atoms with Crippen molar-refractivity contribution in [3.05, 3.63) is 57.2 Å². The Kier molecular flexibility index (Phi) is 7.27. The maximum absolute atomic E-state index is 13.1. The van der Waals surface area contributed by atoms with E-state index in [0.717, 1.165) is 36.1 Å². The number of amides is 2. The van der Waals surface area contributed by atoms with Gasteiger partial charge in [-0.15, -0.1) is 21.5 Å². The van der Waals surface area contributed by atoms with Gasteiger partial charge < -0.3 is 5.32 Å². The highest BCUT2D eigenvalue weighted by molar-refractivity contribution is 8.01. The Morgan fingerprint density at radius 1 is 1.13 bits per heavy atom. The Labute approximate surface area is 197 Å². The fourth-order valence-electron chi connectivity index (χ4n) is 3.66. The average Bonchev–Trinajstić information content (AvgIpc) is 3.53. The predicted molar refractivity (Wildman–Crippen MR) is 127 cm³/mol. The van der Waals surface area contributed by atoms with Gasteiger partial charge in [0.05, 0.1) is 11.2 Å². The van der Waals surface area contributed by atoms with E-state index in [-0.39, 0.29) is 17.6 Å². The largest absolute Gasteiger partial charge is 0.351 e. The molecule has 1 aromatic carbocycles. The summed E-state index contributed by atoms with van der Waals surface area (Å²) < 4.78 is 0.639. The molecule has 0 radical (unpaired) electrons. The maximum atomic E-state index is 13.1. The first-order valence-electron chi connectivity index (χ1n) is 9.89. The summed E-state index contributed by atoms with van der Waals surface area (Å²) in [5.41, 5.74) is 0.404. The molecule has 0 spiro atoms. The van der Waals surface area contributed by atoms with Crippen molar-refractivity contribution in [3.8, 4) is 0 Å². The van der Waals surface area contributed by atoms with Crippen LogP contribution in [0.1, 0.15) is 36.1 Å². The first-order chi connectivity index (χ1) is 15.1. The highest BCUT2D eigenvalue weighted by Crippen LogP contribution is 2.44. The lowest BCUT2D eigenvalue weighted by molar-refractivity contribution is -0.121. The van der Waals surface area contributed by atoms with Crippen LogP contribution in [0, 0.1) is 0 Å². The lowest BCUT2D eigenvalue weighted by Crippen LogP contribution is -2.37. The van der Waals surface area contributed by atoms with Crippen LogP contribution in [0.4, 0.5) is 5.13 Å². The number of rotatable bonds is 8. The summed E-state index contributed by atoms with van der Waals surface area (Å²) in [5, 5.41) is 17.1. The molecular weight excluding hydrogens is 472 g/mol. The van der Waals surface area contributed by atoms with Gasteiger partial charge in [0.15, 0.2) is 4.34 Å². The third kappa shape index (κ3) is 5.28. The van der Waals surface area contributed by atoms with Crippen LogP contribution < -0.4 is 10.6 Å². The Bertz CT molecular complexity index is 1050. The van der Waals surface area contributed by atoms with Gasteiger partial charge in [-0.05, 0) is 35.9 Å². The Morgan fingerprint density at radius 3 is 2.68 bits per heavy atom. The average molecular weight is 493 g/mol. The van der Waals surface area contributed by atoms with E-state index in [9.17, 15) is 9.59 Å². The van der Waals surface area contributed by atoms with E-state index in [1.807, 2.05) is 35.7 Å². The number of carbonyl (C=O) groups is 2. The molecule has 10 heteroatoms.